The molecule has 0 radical (unpaired) electrons. The summed E-state index contributed by atoms with van der Waals surface area (Å²) >= 11 is 0. The molecule has 30 heavy (non-hydrogen) atoms. The molecule has 0 amide bonds. The molecule has 0 bridgehead atoms. The number of nitrogens with zero attached hydrogens (tertiary/aromatic N) is 4. The number of aryl methyl sites for hydroxylation is 2. The van der Waals surface area contributed by atoms with Crippen molar-refractivity contribution < 1.29 is 9.63 Å². The van der Waals surface area contributed by atoms with E-state index in [1.54, 1.807) is 0 Å². The van der Waals surface area contributed by atoms with Gasteiger partial charge in [-0.3, -0.25) is 0 Å². The van der Waals surface area contributed by atoms with Gasteiger partial charge in [0.05, 0.1) is 17.2 Å². The van der Waals surface area contributed by atoms with Crippen molar-refractivity contribution >= 4 is 16.7 Å². The van der Waals surface area contributed by atoms with Crippen LogP contribution >= 0.6 is 0 Å². The second-order valence-electron chi connectivity index (χ2n) is 8.74. The lowest BCUT2D eigenvalue weighted by molar-refractivity contribution is 0.140. The van der Waals surface area contributed by atoms with E-state index < -0.39 is 0 Å². The predicted octanol–water partition coefficient (Wildman–Crippen LogP) is 3.37. The average Bonchev–Trinajstić information content (AvgIpc) is 3.36. The quantitative estimate of drug-likeness (QED) is 0.685. The van der Waals surface area contributed by atoms with Gasteiger partial charge in [0.15, 0.2) is 5.82 Å². The molecule has 0 spiro atoms. The van der Waals surface area contributed by atoms with Gasteiger partial charge in [-0.05, 0) is 64.2 Å². The van der Waals surface area contributed by atoms with E-state index in [9.17, 15) is 5.11 Å². The van der Waals surface area contributed by atoms with Crippen LogP contribution < -0.4 is 10.2 Å². The Balaban J connectivity index is 1.41. The van der Waals surface area contributed by atoms with E-state index in [-0.39, 0.29) is 12.1 Å². The minimum atomic E-state index is -0.194. The Labute approximate surface area is 176 Å². The number of piperidine rings is 1. The van der Waals surface area contributed by atoms with E-state index in [1.165, 1.54) is 5.56 Å². The van der Waals surface area contributed by atoms with Crippen LogP contribution in [0.1, 0.15) is 43.5 Å². The first-order valence-corrected chi connectivity index (χ1v) is 11.0. The van der Waals surface area contributed by atoms with Crippen molar-refractivity contribution in [1.82, 2.24) is 20.4 Å². The van der Waals surface area contributed by atoms with Crippen molar-refractivity contribution in [2.24, 2.45) is 0 Å². The fourth-order valence-electron chi connectivity index (χ4n) is 4.79. The molecule has 1 saturated heterocycles. The predicted molar refractivity (Wildman–Crippen MR) is 117 cm³/mol. The lowest BCUT2D eigenvalue weighted by Crippen LogP contribution is -2.48. The van der Waals surface area contributed by atoms with Crippen LogP contribution in [0.4, 0.5) is 5.82 Å². The zero-order valence-electron chi connectivity index (χ0n) is 17.6. The summed E-state index contributed by atoms with van der Waals surface area (Å²) in [7, 11) is 0. The second-order valence-corrected chi connectivity index (χ2v) is 8.74. The Kier molecular flexibility index (Phi) is 5.16. The highest BCUT2D eigenvalue weighted by molar-refractivity contribution is 5.88. The number of aliphatic hydroxyl groups is 1. The molecule has 1 aliphatic heterocycles. The van der Waals surface area contributed by atoms with Crippen LogP contribution in [-0.2, 0) is 0 Å². The highest BCUT2D eigenvalue weighted by Gasteiger charge is 2.30. The summed E-state index contributed by atoms with van der Waals surface area (Å²) < 4.78 is 5.51. The SMILES string of the molecule is Cc1ccc2nc(N3CCC(N[C@H]4CCC[C@@H]4O)CC3)c(-c3nc(C)no3)cc2c1. The lowest BCUT2D eigenvalue weighted by atomic mass is 10.0. The van der Waals surface area contributed by atoms with Gasteiger partial charge in [0.2, 0.25) is 0 Å². The summed E-state index contributed by atoms with van der Waals surface area (Å²) in [6.45, 7) is 5.73. The Morgan fingerprint density at radius 3 is 2.60 bits per heavy atom. The third-order valence-electron chi connectivity index (χ3n) is 6.43. The molecule has 5 rings (SSSR count). The summed E-state index contributed by atoms with van der Waals surface area (Å²) in [5.41, 5.74) is 3.07. The Morgan fingerprint density at radius 1 is 1.07 bits per heavy atom. The molecule has 2 atom stereocenters. The Bertz CT molecular complexity index is 1040. The number of anilines is 1. The van der Waals surface area contributed by atoms with Crippen LogP contribution in [0.5, 0.6) is 0 Å². The smallest absolute Gasteiger partial charge is 0.261 e. The normalized spacial score (nSPS) is 22.8. The maximum atomic E-state index is 10.1. The molecule has 1 aromatic carbocycles. The highest BCUT2D eigenvalue weighted by Crippen LogP contribution is 2.33. The van der Waals surface area contributed by atoms with Gasteiger partial charge in [-0.25, -0.2) is 4.98 Å². The molecule has 3 aromatic rings. The summed E-state index contributed by atoms with van der Waals surface area (Å²) in [5.74, 6) is 2.06. The molecule has 3 heterocycles. The molecule has 158 valence electrons. The zero-order valence-corrected chi connectivity index (χ0v) is 17.6. The third-order valence-corrected chi connectivity index (χ3v) is 6.43. The van der Waals surface area contributed by atoms with Gasteiger partial charge in [0, 0.05) is 30.6 Å². The Morgan fingerprint density at radius 2 is 1.90 bits per heavy atom. The van der Waals surface area contributed by atoms with Crippen molar-refractivity contribution in [3.8, 4) is 11.5 Å². The number of aliphatic hydroxyl groups excluding tert-OH is 1. The number of hydrogen-bond acceptors (Lipinski definition) is 7. The molecule has 2 aromatic heterocycles. The van der Waals surface area contributed by atoms with E-state index in [4.69, 9.17) is 9.51 Å². The monoisotopic (exact) mass is 407 g/mol. The molecule has 2 aliphatic rings. The Hall–Kier alpha value is -2.51. The standard InChI is InChI=1S/C23H29N5O2/c1-14-6-7-19-16(12-14)13-18(23-24-15(2)27-30-23)22(26-19)28-10-8-17(9-11-28)25-20-4-3-5-21(20)29/h6-7,12-13,17,20-21,25,29H,3-5,8-11H2,1-2H3/t20-,21-/m0/s1. The van der Waals surface area contributed by atoms with Crippen LogP contribution in [0.15, 0.2) is 28.8 Å². The van der Waals surface area contributed by atoms with Gasteiger partial charge in [-0.1, -0.05) is 16.8 Å². The summed E-state index contributed by atoms with van der Waals surface area (Å²) in [4.78, 5) is 11.8. The van der Waals surface area contributed by atoms with Gasteiger partial charge >= 0.3 is 0 Å². The number of pyridine rings is 1. The van der Waals surface area contributed by atoms with Gasteiger partial charge in [0.25, 0.3) is 5.89 Å². The molecule has 1 aliphatic carbocycles. The molecule has 1 saturated carbocycles. The van der Waals surface area contributed by atoms with Crippen molar-refractivity contribution in [3.05, 3.63) is 35.7 Å². The molecular weight excluding hydrogens is 378 g/mol. The molecule has 7 nitrogen and oxygen atoms in total. The number of benzene rings is 1. The number of fused-ring (bicyclic) bond motifs is 1. The van der Waals surface area contributed by atoms with Crippen LogP contribution in [0.25, 0.3) is 22.4 Å². The minimum Gasteiger partial charge on any atom is -0.392 e. The van der Waals surface area contributed by atoms with E-state index in [0.717, 1.165) is 67.5 Å². The first kappa shape index (κ1) is 19.5. The average molecular weight is 408 g/mol. The fourth-order valence-corrected chi connectivity index (χ4v) is 4.79. The number of aromatic nitrogens is 3. The van der Waals surface area contributed by atoms with Crippen LogP contribution in [-0.4, -0.2) is 51.5 Å². The number of rotatable bonds is 4. The van der Waals surface area contributed by atoms with Gasteiger partial charge in [0.1, 0.15) is 5.82 Å². The third kappa shape index (κ3) is 3.79. The topological polar surface area (TPSA) is 87.3 Å². The molecule has 2 N–H and O–H groups in total. The van der Waals surface area contributed by atoms with Gasteiger partial charge in [-0.15, -0.1) is 0 Å². The van der Waals surface area contributed by atoms with E-state index in [1.807, 2.05) is 6.92 Å². The largest absolute Gasteiger partial charge is 0.392 e. The highest BCUT2D eigenvalue weighted by atomic mass is 16.5. The van der Waals surface area contributed by atoms with Crippen LogP contribution in [0.2, 0.25) is 0 Å². The van der Waals surface area contributed by atoms with E-state index >= 15 is 0 Å². The van der Waals surface area contributed by atoms with Crippen molar-refractivity contribution in [1.29, 1.82) is 0 Å². The molecular formula is C23H29N5O2. The lowest BCUT2D eigenvalue weighted by Gasteiger charge is -2.35. The number of nitrogens with one attached hydrogen (secondary N) is 1. The summed E-state index contributed by atoms with van der Waals surface area (Å²) in [6.07, 6.45) is 4.97. The van der Waals surface area contributed by atoms with Crippen molar-refractivity contribution in [2.75, 3.05) is 18.0 Å². The fraction of sp³-hybridized carbons (Fsp3) is 0.522. The first-order chi connectivity index (χ1) is 14.6. The number of hydrogen-bond donors (Lipinski definition) is 2. The van der Waals surface area contributed by atoms with E-state index in [2.05, 4.69) is 51.5 Å². The summed E-state index contributed by atoms with van der Waals surface area (Å²) in [6, 6.07) is 9.13. The van der Waals surface area contributed by atoms with Crippen molar-refractivity contribution in [3.63, 3.8) is 0 Å². The second kappa shape index (κ2) is 7.96. The maximum Gasteiger partial charge on any atom is 0.261 e. The van der Waals surface area contributed by atoms with Crippen molar-refractivity contribution in [2.45, 2.75) is 64.1 Å². The zero-order chi connectivity index (χ0) is 20.7. The maximum absolute atomic E-state index is 10.1. The molecule has 7 heteroatoms. The minimum absolute atomic E-state index is 0.194. The molecule has 2 fully saturated rings. The molecule has 0 unspecified atom stereocenters. The summed E-state index contributed by atoms with van der Waals surface area (Å²) in [5, 5.41) is 18.9. The van der Waals surface area contributed by atoms with E-state index in [0.29, 0.717) is 17.8 Å². The van der Waals surface area contributed by atoms with Crippen LogP contribution in [0, 0.1) is 13.8 Å². The first-order valence-electron chi connectivity index (χ1n) is 11.0. The van der Waals surface area contributed by atoms with Gasteiger partial charge in [-0.2, -0.15) is 4.98 Å². The van der Waals surface area contributed by atoms with Crippen LogP contribution in [0.3, 0.4) is 0 Å². The van der Waals surface area contributed by atoms with Gasteiger partial charge < -0.3 is 19.8 Å².